The van der Waals surface area contributed by atoms with E-state index in [1.165, 1.54) is 11.1 Å². The molecule has 1 aromatic carbocycles. The standard InChI is InChI=1S/C26H37N3O4.2C2H6/c1-5-18-13-22(14-19(18)6-2)27-15-23(30)16-28-24(31)20-7-9-21(10-8-20)25(32)29-11-12-33-26(3,4)17-29;2*1-2/h5,7-10,22-23,27,30H,1,6,11-17H2,2-4H3,(H,28,31);2*1-2H3. The molecule has 1 aliphatic heterocycles. The van der Waals surface area contributed by atoms with E-state index in [9.17, 15) is 14.7 Å². The summed E-state index contributed by atoms with van der Waals surface area (Å²) < 4.78 is 5.67. The van der Waals surface area contributed by atoms with Gasteiger partial charge in [0, 0.05) is 43.3 Å². The average Bonchev–Trinajstić information content (AvgIpc) is 3.34. The first-order valence-electron chi connectivity index (χ1n) is 13.8. The van der Waals surface area contributed by atoms with Crippen LogP contribution in [-0.4, -0.2) is 72.4 Å². The van der Waals surface area contributed by atoms with Gasteiger partial charge in [-0.25, -0.2) is 0 Å². The summed E-state index contributed by atoms with van der Waals surface area (Å²) in [5, 5.41) is 16.4. The van der Waals surface area contributed by atoms with Crippen molar-refractivity contribution in [3.05, 3.63) is 59.2 Å². The van der Waals surface area contributed by atoms with Gasteiger partial charge < -0.3 is 25.4 Å². The Kier molecular flexibility index (Phi) is 14.4. The molecule has 2 atom stereocenters. The molecule has 0 saturated carbocycles. The van der Waals surface area contributed by atoms with Crippen molar-refractivity contribution in [1.29, 1.82) is 0 Å². The predicted molar refractivity (Wildman–Crippen MR) is 152 cm³/mol. The summed E-state index contributed by atoms with van der Waals surface area (Å²) in [7, 11) is 0. The van der Waals surface area contributed by atoms with E-state index in [2.05, 4.69) is 24.1 Å². The minimum Gasteiger partial charge on any atom is -0.390 e. The number of carbonyl (C=O) groups excluding carboxylic acids is 2. The molecule has 1 aliphatic carbocycles. The maximum atomic E-state index is 12.8. The van der Waals surface area contributed by atoms with Crippen molar-refractivity contribution < 1.29 is 19.4 Å². The van der Waals surface area contributed by atoms with Crippen molar-refractivity contribution in [3.63, 3.8) is 0 Å². The van der Waals surface area contributed by atoms with Crippen molar-refractivity contribution in [1.82, 2.24) is 15.5 Å². The molecular formula is C30H49N3O4. The molecule has 2 aliphatic rings. The van der Waals surface area contributed by atoms with Crippen LogP contribution >= 0.6 is 0 Å². The zero-order valence-electron chi connectivity index (χ0n) is 24.0. The third-order valence-corrected chi connectivity index (χ3v) is 6.33. The van der Waals surface area contributed by atoms with Crippen LogP contribution in [-0.2, 0) is 4.74 Å². The first kappa shape index (κ1) is 32.5. The molecule has 7 nitrogen and oxygen atoms in total. The lowest BCUT2D eigenvalue weighted by Gasteiger charge is -2.38. The number of aliphatic hydroxyl groups is 1. The molecule has 7 heteroatoms. The maximum Gasteiger partial charge on any atom is 0.254 e. The Morgan fingerprint density at radius 2 is 1.76 bits per heavy atom. The van der Waals surface area contributed by atoms with Crippen LogP contribution in [0.5, 0.6) is 0 Å². The van der Waals surface area contributed by atoms with Gasteiger partial charge in [-0.3, -0.25) is 9.59 Å². The van der Waals surface area contributed by atoms with E-state index in [1.807, 2.05) is 47.6 Å². The number of allylic oxidation sites excluding steroid dienone is 1. The SMILES string of the molecule is C=CC1=C(CC)CC(NCC(O)CNC(=O)c2ccc(C(=O)N3CCOC(C)(C)C3)cc2)C1.CC.CC. The molecule has 0 spiro atoms. The first-order valence-corrected chi connectivity index (χ1v) is 13.8. The van der Waals surface area contributed by atoms with Crippen LogP contribution in [0.3, 0.4) is 0 Å². The number of rotatable bonds is 9. The van der Waals surface area contributed by atoms with Gasteiger partial charge in [0.1, 0.15) is 0 Å². The highest BCUT2D eigenvalue weighted by atomic mass is 16.5. The third kappa shape index (κ3) is 10.1. The van der Waals surface area contributed by atoms with E-state index in [0.717, 1.165) is 19.3 Å². The third-order valence-electron chi connectivity index (χ3n) is 6.33. The average molecular weight is 516 g/mol. The Hall–Kier alpha value is -2.48. The van der Waals surface area contributed by atoms with Gasteiger partial charge >= 0.3 is 0 Å². The molecule has 1 heterocycles. The smallest absolute Gasteiger partial charge is 0.254 e. The minimum atomic E-state index is -0.683. The summed E-state index contributed by atoms with van der Waals surface area (Å²) in [6, 6.07) is 6.94. The highest BCUT2D eigenvalue weighted by Crippen LogP contribution is 2.29. The van der Waals surface area contributed by atoms with Crippen LogP contribution < -0.4 is 10.6 Å². The number of nitrogens with one attached hydrogen (secondary N) is 2. The first-order chi connectivity index (χ1) is 17.7. The molecule has 0 aromatic heterocycles. The van der Waals surface area contributed by atoms with Crippen LogP contribution in [0.15, 0.2) is 48.1 Å². The second-order valence-electron chi connectivity index (χ2n) is 9.48. The van der Waals surface area contributed by atoms with Crippen LogP contribution in [0.1, 0.15) is 88.4 Å². The largest absolute Gasteiger partial charge is 0.390 e. The van der Waals surface area contributed by atoms with Crippen LogP contribution in [0, 0.1) is 0 Å². The summed E-state index contributed by atoms with van der Waals surface area (Å²) >= 11 is 0. The van der Waals surface area contributed by atoms with Crippen LogP contribution in [0.25, 0.3) is 0 Å². The molecule has 3 N–H and O–H groups in total. The lowest BCUT2D eigenvalue weighted by molar-refractivity contribution is -0.0764. The number of amides is 2. The Morgan fingerprint density at radius 1 is 1.14 bits per heavy atom. The van der Waals surface area contributed by atoms with E-state index >= 15 is 0 Å². The van der Waals surface area contributed by atoms with Crippen molar-refractivity contribution in [2.45, 2.75) is 85.5 Å². The quantitative estimate of drug-likeness (QED) is 0.443. The molecule has 0 radical (unpaired) electrons. The number of ether oxygens (including phenoxy) is 1. The number of carbonyl (C=O) groups is 2. The summed E-state index contributed by atoms with van der Waals surface area (Å²) in [6.45, 7) is 20.1. The fraction of sp³-hybridized carbons (Fsp3) is 0.600. The molecule has 2 amide bonds. The molecule has 208 valence electrons. The minimum absolute atomic E-state index is 0.0629. The van der Waals surface area contributed by atoms with Gasteiger partial charge in [-0.15, -0.1) is 0 Å². The summed E-state index contributed by atoms with van der Waals surface area (Å²) in [5.41, 5.74) is 3.37. The molecular weight excluding hydrogens is 466 g/mol. The number of hydrogen-bond acceptors (Lipinski definition) is 5. The van der Waals surface area contributed by atoms with E-state index in [-0.39, 0.29) is 24.0 Å². The molecule has 3 rings (SSSR count). The second-order valence-corrected chi connectivity index (χ2v) is 9.48. The highest BCUT2D eigenvalue weighted by Gasteiger charge is 2.30. The predicted octanol–water partition coefficient (Wildman–Crippen LogP) is 4.73. The van der Waals surface area contributed by atoms with Gasteiger partial charge in [0.25, 0.3) is 11.8 Å². The fourth-order valence-electron chi connectivity index (χ4n) is 4.48. The zero-order chi connectivity index (χ0) is 28.0. The van der Waals surface area contributed by atoms with E-state index in [0.29, 0.717) is 43.4 Å². The van der Waals surface area contributed by atoms with Gasteiger partial charge in [0.2, 0.25) is 0 Å². The summed E-state index contributed by atoms with van der Waals surface area (Å²) in [4.78, 5) is 27.0. The van der Waals surface area contributed by atoms with Crippen molar-refractivity contribution >= 4 is 11.8 Å². The monoisotopic (exact) mass is 515 g/mol. The number of benzene rings is 1. The highest BCUT2D eigenvalue weighted by molar-refractivity contribution is 5.97. The van der Waals surface area contributed by atoms with Crippen LogP contribution in [0.2, 0.25) is 0 Å². The Balaban J connectivity index is 0.00000163. The Bertz CT molecular complexity index is 893. The van der Waals surface area contributed by atoms with Gasteiger partial charge in [0.15, 0.2) is 0 Å². The maximum absolute atomic E-state index is 12.8. The van der Waals surface area contributed by atoms with Gasteiger partial charge in [-0.05, 0) is 62.9 Å². The van der Waals surface area contributed by atoms with Crippen molar-refractivity contribution in [2.24, 2.45) is 0 Å². The normalized spacial score (nSPS) is 19.1. The lowest BCUT2D eigenvalue weighted by atomic mass is 10.1. The number of nitrogens with zero attached hydrogens (tertiary/aromatic N) is 1. The molecule has 2 unspecified atom stereocenters. The van der Waals surface area contributed by atoms with Gasteiger partial charge in [-0.1, -0.05) is 52.8 Å². The molecule has 0 bridgehead atoms. The van der Waals surface area contributed by atoms with E-state index in [1.54, 1.807) is 29.2 Å². The fourth-order valence-corrected chi connectivity index (χ4v) is 4.48. The number of aliphatic hydroxyl groups excluding tert-OH is 1. The second kappa shape index (κ2) is 16.4. The topological polar surface area (TPSA) is 90.9 Å². The summed E-state index contributed by atoms with van der Waals surface area (Å²) in [5.74, 6) is -0.336. The number of hydrogen-bond donors (Lipinski definition) is 3. The molecule has 1 aromatic rings. The number of morpholine rings is 1. The van der Waals surface area contributed by atoms with Gasteiger partial charge in [-0.2, -0.15) is 0 Å². The summed E-state index contributed by atoms with van der Waals surface area (Å²) in [6.07, 6.45) is 4.17. The zero-order valence-corrected chi connectivity index (χ0v) is 24.0. The lowest BCUT2D eigenvalue weighted by Crippen LogP contribution is -2.50. The van der Waals surface area contributed by atoms with E-state index < -0.39 is 6.10 Å². The van der Waals surface area contributed by atoms with Crippen LogP contribution in [0.4, 0.5) is 0 Å². The van der Waals surface area contributed by atoms with E-state index in [4.69, 9.17) is 4.74 Å². The molecule has 37 heavy (non-hydrogen) atoms. The molecule has 1 saturated heterocycles. The Morgan fingerprint density at radius 3 is 2.30 bits per heavy atom. The Labute approximate surface area is 224 Å². The van der Waals surface area contributed by atoms with Crippen molar-refractivity contribution in [2.75, 3.05) is 32.8 Å². The van der Waals surface area contributed by atoms with Gasteiger partial charge in [0.05, 0.1) is 18.3 Å². The molecule has 1 fully saturated rings. The van der Waals surface area contributed by atoms with Crippen molar-refractivity contribution in [3.8, 4) is 0 Å².